The summed E-state index contributed by atoms with van der Waals surface area (Å²) in [5.41, 5.74) is 0.187. The van der Waals surface area contributed by atoms with Crippen LogP contribution in [0.25, 0.3) is 0 Å². The van der Waals surface area contributed by atoms with Gasteiger partial charge in [-0.25, -0.2) is 9.78 Å². The number of hydrogen-bond acceptors (Lipinski definition) is 4. The van der Waals surface area contributed by atoms with Crippen molar-refractivity contribution in [3.63, 3.8) is 0 Å². The number of pyridine rings is 1. The minimum atomic E-state index is -0.360. The Morgan fingerprint density at radius 1 is 1.35 bits per heavy atom. The second kappa shape index (κ2) is 5.66. The zero-order valence-electron chi connectivity index (χ0n) is 10.8. The third-order valence-electron chi connectivity index (χ3n) is 2.48. The predicted molar refractivity (Wildman–Crippen MR) is 65.2 cm³/mol. The van der Waals surface area contributed by atoms with Crippen LogP contribution in [0.4, 0.5) is 0 Å². The summed E-state index contributed by atoms with van der Waals surface area (Å²) < 4.78 is 10.6. The molecule has 0 atom stereocenters. The van der Waals surface area contributed by atoms with Gasteiger partial charge < -0.3 is 9.47 Å². The number of carbonyl (C=O) groups excluding carboxylic acids is 1. The lowest BCUT2D eigenvalue weighted by Gasteiger charge is -2.23. The summed E-state index contributed by atoms with van der Waals surface area (Å²) in [5.74, 6) is 0.159. The molecular weight excluding hydrogens is 218 g/mol. The highest BCUT2D eigenvalue weighted by molar-refractivity contribution is 5.89. The average Bonchev–Trinajstić information content (AvgIpc) is 2.30. The zero-order valence-corrected chi connectivity index (χ0v) is 10.8. The maximum atomic E-state index is 11.4. The Morgan fingerprint density at radius 3 is 2.53 bits per heavy atom. The van der Waals surface area contributed by atoms with E-state index in [1.165, 1.54) is 6.20 Å². The van der Waals surface area contributed by atoms with E-state index >= 15 is 0 Å². The first-order valence-corrected chi connectivity index (χ1v) is 5.80. The normalized spacial score (nSPS) is 11.1. The monoisotopic (exact) mass is 237 g/mol. The van der Waals surface area contributed by atoms with Gasteiger partial charge in [0.2, 0.25) is 5.88 Å². The summed E-state index contributed by atoms with van der Waals surface area (Å²) in [7, 11) is 0. The second-order valence-corrected chi connectivity index (χ2v) is 4.32. The number of aromatic nitrogens is 1. The van der Waals surface area contributed by atoms with Crippen LogP contribution < -0.4 is 4.74 Å². The fourth-order valence-electron chi connectivity index (χ4n) is 1.13. The van der Waals surface area contributed by atoms with Crippen LogP contribution in [0.5, 0.6) is 5.88 Å². The van der Waals surface area contributed by atoms with Crippen LogP contribution in [0.2, 0.25) is 0 Å². The maximum Gasteiger partial charge on any atom is 0.339 e. The predicted octanol–water partition coefficient (Wildman–Crippen LogP) is 2.83. The molecule has 94 valence electrons. The van der Waals surface area contributed by atoms with Crippen molar-refractivity contribution in [2.75, 3.05) is 6.61 Å². The van der Waals surface area contributed by atoms with Crippen molar-refractivity contribution in [1.29, 1.82) is 0 Å². The van der Waals surface area contributed by atoms with Crippen molar-refractivity contribution >= 4 is 5.97 Å². The molecule has 0 aliphatic rings. The molecule has 1 heterocycles. The molecule has 0 unspecified atom stereocenters. The fraction of sp³-hybridized carbons (Fsp3) is 0.538. The van der Waals surface area contributed by atoms with Gasteiger partial charge in [-0.15, -0.1) is 0 Å². The van der Waals surface area contributed by atoms with Crippen LogP contribution >= 0.6 is 0 Å². The number of nitrogens with zero attached hydrogens (tertiary/aromatic N) is 1. The molecule has 0 aliphatic heterocycles. The van der Waals surface area contributed by atoms with Gasteiger partial charge in [0.05, 0.1) is 12.2 Å². The van der Waals surface area contributed by atoms with Crippen molar-refractivity contribution in [2.24, 2.45) is 0 Å². The van der Waals surface area contributed by atoms with Crippen LogP contribution in [0.3, 0.4) is 0 Å². The van der Waals surface area contributed by atoms with Gasteiger partial charge in [-0.1, -0.05) is 6.92 Å². The van der Waals surface area contributed by atoms with E-state index in [4.69, 9.17) is 9.47 Å². The molecule has 0 fully saturated rings. The molecule has 0 saturated heterocycles. The van der Waals surface area contributed by atoms with Gasteiger partial charge in [0, 0.05) is 12.3 Å². The average molecular weight is 237 g/mol. The van der Waals surface area contributed by atoms with Crippen molar-refractivity contribution in [2.45, 2.75) is 39.7 Å². The Morgan fingerprint density at radius 2 is 2.06 bits per heavy atom. The highest BCUT2D eigenvalue weighted by atomic mass is 16.5. The Bertz CT molecular complexity index is 371. The number of carbonyl (C=O) groups is 1. The molecule has 1 aromatic rings. The minimum Gasteiger partial charge on any atom is -0.472 e. The molecule has 0 aliphatic carbocycles. The second-order valence-electron chi connectivity index (χ2n) is 4.32. The lowest BCUT2D eigenvalue weighted by molar-refractivity contribution is 0.0525. The molecule has 0 amide bonds. The standard InChI is InChI=1S/C13H19NO3/c1-5-13(3,4)17-11-8-7-10(9-14-11)12(15)16-6-2/h7-9H,5-6H2,1-4H3. The molecule has 0 saturated carbocycles. The first kappa shape index (κ1) is 13.5. The molecule has 0 spiro atoms. The van der Waals surface area contributed by atoms with E-state index in [0.29, 0.717) is 18.1 Å². The third kappa shape index (κ3) is 4.06. The molecule has 1 rings (SSSR count). The quantitative estimate of drug-likeness (QED) is 0.739. The number of esters is 1. The van der Waals surface area contributed by atoms with Gasteiger partial charge in [0.15, 0.2) is 0 Å². The molecule has 4 heteroatoms. The van der Waals surface area contributed by atoms with Crippen LogP contribution in [0.1, 0.15) is 44.5 Å². The van der Waals surface area contributed by atoms with Gasteiger partial charge in [-0.2, -0.15) is 0 Å². The topological polar surface area (TPSA) is 48.4 Å². The fourth-order valence-corrected chi connectivity index (χ4v) is 1.13. The Kier molecular flexibility index (Phi) is 4.49. The summed E-state index contributed by atoms with van der Waals surface area (Å²) >= 11 is 0. The van der Waals surface area contributed by atoms with Gasteiger partial charge in [0.1, 0.15) is 5.60 Å². The summed E-state index contributed by atoms with van der Waals surface area (Å²) in [5, 5.41) is 0. The van der Waals surface area contributed by atoms with Crippen molar-refractivity contribution in [3.8, 4) is 5.88 Å². The third-order valence-corrected chi connectivity index (χ3v) is 2.48. The largest absolute Gasteiger partial charge is 0.472 e. The highest BCUT2D eigenvalue weighted by Gasteiger charge is 2.17. The molecule has 1 aromatic heterocycles. The summed E-state index contributed by atoms with van der Waals surface area (Å²) in [6, 6.07) is 3.34. The molecule has 0 aromatic carbocycles. The van der Waals surface area contributed by atoms with Gasteiger partial charge in [0.25, 0.3) is 0 Å². The molecular formula is C13H19NO3. The number of hydrogen-bond donors (Lipinski definition) is 0. The number of rotatable bonds is 5. The van der Waals surface area contributed by atoms with Gasteiger partial charge >= 0.3 is 5.97 Å². The Labute approximate surface area is 102 Å². The van der Waals surface area contributed by atoms with Crippen LogP contribution in [0, 0.1) is 0 Å². The smallest absolute Gasteiger partial charge is 0.339 e. The van der Waals surface area contributed by atoms with Crippen LogP contribution in [0.15, 0.2) is 18.3 Å². The van der Waals surface area contributed by atoms with E-state index in [2.05, 4.69) is 4.98 Å². The zero-order chi connectivity index (χ0) is 12.9. The van der Waals surface area contributed by atoms with E-state index in [9.17, 15) is 4.79 Å². The summed E-state index contributed by atoms with van der Waals surface area (Å²) in [6.45, 7) is 8.17. The Balaban J connectivity index is 2.71. The molecule has 0 bridgehead atoms. The lowest BCUT2D eigenvalue weighted by atomic mass is 10.1. The van der Waals surface area contributed by atoms with Crippen molar-refractivity contribution in [3.05, 3.63) is 23.9 Å². The molecule has 4 nitrogen and oxygen atoms in total. The van der Waals surface area contributed by atoms with E-state index in [1.807, 2.05) is 20.8 Å². The molecule has 0 radical (unpaired) electrons. The minimum absolute atomic E-state index is 0.252. The van der Waals surface area contributed by atoms with Gasteiger partial charge in [-0.3, -0.25) is 0 Å². The van der Waals surface area contributed by atoms with Crippen LogP contribution in [-0.2, 0) is 4.74 Å². The summed E-state index contributed by atoms with van der Waals surface area (Å²) in [6.07, 6.45) is 2.35. The van der Waals surface area contributed by atoms with Crippen molar-refractivity contribution < 1.29 is 14.3 Å². The van der Waals surface area contributed by atoms with Crippen molar-refractivity contribution in [1.82, 2.24) is 4.98 Å². The maximum absolute atomic E-state index is 11.4. The Hall–Kier alpha value is -1.58. The first-order valence-electron chi connectivity index (χ1n) is 5.80. The molecule has 0 N–H and O–H groups in total. The SMILES string of the molecule is CCOC(=O)c1ccc(OC(C)(C)CC)nc1. The van der Waals surface area contributed by atoms with Gasteiger partial charge in [-0.05, 0) is 33.3 Å². The number of ether oxygens (including phenoxy) is 2. The van der Waals surface area contributed by atoms with E-state index in [-0.39, 0.29) is 11.6 Å². The molecule has 17 heavy (non-hydrogen) atoms. The van der Waals surface area contributed by atoms with E-state index in [1.54, 1.807) is 19.1 Å². The highest BCUT2D eigenvalue weighted by Crippen LogP contribution is 2.18. The summed E-state index contributed by atoms with van der Waals surface area (Å²) in [4.78, 5) is 15.5. The van der Waals surface area contributed by atoms with E-state index < -0.39 is 0 Å². The lowest BCUT2D eigenvalue weighted by Crippen LogP contribution is -2.27. The van der Waals surface area contributed by atoms with E-state index in [0.717, 1.165) is 6.42 Å². The van der Waals surface area contributed by atoms with Crippen LogP contribution in [-0.4, -0.2) is 23.2 Å². The first-order chi connectivity index (χ1) is 7.98.